The Labute approximate surface area is 162 Å². The first-order valence-corrected chi connectivity index (χ1v) is 8.56. The Morgan fingerprint density at radius 2 is 1.75 bits per heavy atom. The number of rotatable bonds is 8. The molecule has 3 rings (SSSR count). The Bertz CT molecular complexity index is 810. The summed E-state index contributed by atoms with van der Waals surface area (Å²) in [5.74, 6) is 2.09. The molecule has 0 spiro atoms. The highest BCUT2D eigenvalue weighted by Gasteiger charge is 2.34. The molecule has 0 aromatic heterocycles. The van der Waals surface area contributed by atoms with Gasteiger partial charge in [-0.05, 0) is 30.3 Å². The predicted octanol–water partition coefficient (Wildman–Crippen LogP) is 2.37. The third-order valence-corrected chi connectivity index (χ3v) is 4.29. The summed E-state index contributed by atoms with van der Waals surface area (Å²) in [5, 5.41) is 9.81. The van der Waals surface area contributed by atoms with Crippen LogP contribution in [0.4, 0.5) is 0 Å². The summed E-state index contributed by atoms with van der Waals surface area (Å²) in [6.07, 6.45) is -0.585. The van der Waals surface area contributed by atoms with E-state index in [1.165, 1.54) is 21.3 Å². The second-order valence-corrected chi connectivity index (χ2v) is 6.01. The van der Waals surface area contributed by atoms with E-state index >= 15 is 0 Å². The lowest BCUT2D eigenvalue weighted by atomic mass is 10.0. The summed E-state index contributed by atoms with van der Waals surface area (Å²) < 4.78 is 33.3. The minimum atomic E-state index is -0.658. The van der Waals surface area contributed by atoms with Crippen LogP contribution in [0.15, 0.2) is 30.3 Å². The average molecular weight is 390 g/mol. The molecule has 0 saturated carbocycles. The molecule has 0 bridgehead atoms. The number of methoxy groups -OCH3 is 3. The van der Waals surface area contributed by atoms with Gasteiger partial charge in [0.2, 0.25) is 5.75 Å². The van der Waals surface area contributed by atoms with E-state index in [0.717, 1.165) is 6.29 Å². The molecule has 1 N–H and O–H groups in total. The van der Waals surface area contributed by atoms with Gasteiger partial charge in [0.05, 0.1) is 20.8 Å². The zero-order valence-electron chi connectivity index (χ0n) is 15.8. The maximum atomic E-state index is 11.1. The molecule has 0 unspecified atom stereocenters. The predicted molar refractivity (Wildman–Crippen MR) is 98.8 cm³/mol. The number of carbonyl (C=O) groups excluding carboxylic acids is 1. The Hall–Kier alpha value is -2.97. The number of aldehydes is 1. The van der Waals surface area contributed by atoms with Gasteiger partial charge in [-0.2, -0.15) is 0 Å². The second-order valence-electron chi connectivity index (χ2n) is 6.01. The lowest BCUT2D eigenvalue weighted by molar-refractivity contribution is -0.0126. The van der Waals surface area contributed by atoms with Gasteiger partial charge in [0.25, 0.3) is 0 Å². The SMILES string of the molecule is COCOc1c(OC)cc([C@@H]2Oc3cc(C=O)ccc3O[C@H]2CO)cc1OC. The van der Waals surface area contributed by atoms with Crippen molar-refractivity contribution in [1.29, 1.82) is 0 Å². The van der Waals surface area contributed by atoms with Crippen LogP contribution in [-0.4, -0.2) is 52.2 Å². The highest BCUT2D eigenvalue weighted by molar-refractivity contribution is 5.76. The van der Waals surface area contributed by atoms with Crippen molar-refractivity contribution in [2.24, 2.45) is 0 Å². The van der Waals surface area contributed by atoms with Gasteiger partial charge < -0.3 is 33.5 Å². The van der Waals surface area contributed by atoms with E-state index in [-0.39, 0.29) is 13.4 Å². The fourth-order valence-corrected chi connectivity index (χ4v) is 2.97. The molecule has 0 aliphatic carbocycles. The van der Waals surface area contributed by atoms with E-state index in [4.69, 9.17) is 28.4 Å². The molecule has 1 heterocycles. The fourth-order valence-electron chi connectivity index (χ4n) is 2.97. The molecule has 28 heavy (non-hydrogen) atoms. The van der Waals surface area contributed by atoms with Gasteiger partial charge in [0.1, 0.15) is 6.29 Å². The first-order chi connectivity index (χ1) is 13.6. The van der Waals surface area contributed by atoms with E-state index in [0.29, 0.717) is 39.9 Å². The molecule has 2 atom stereocenters. The number of aliphatic hydroxyl groups excluding tert-OH is 1. The molecule has 2 aromatic rings. The molecule has 1 aliphatic rings. The summed E-state index contributed by atoms with van der Waals surface area (Å²) in [4.78, 5) is 11.1. The number of carbonyl (C=O) groups is 1. The third kappa shape index (κ3) is 3.83. The molecule has 0 fully saturated rings. The minimum absolute atomic E-state index is 0.0240. The quantitative estimate of drug-likeness (QED) is 0.543. The van der Waals surface area contributed by atoms with Gasteiger partial charge in [-0.15, -0.1) is 0 Å². The Morgan fingerprint density at radius 1 is 1.04 bits per heavy atom. The Morgan fingerprint density at radius 3 is 2.32 bits per heavy atom. The molecule has 1 aliphatic heterocycles. The largest absolute Gasteiger partial charge is 0.493 e. The van der Waals surface area contributed by atoms with Gasteiger partial charge in [0, 0.05) is 18.2 Å². The van der Waals surface area contributed by atoms with Crippen molar-refractivity contribution in [2.75, 3.05) is 34.7 Å². The van der Waals surface area contributed by atoms with Crippen LogP contribution in [0.5, 0.6) is 28.7 Å². The van der Waals surface area contributed by atoms with Gasteiger partial charge in [-0.3, -0.25) is 4.79 Å². The standard InChI is InChI=1S/C20H22O8/c1-23-11-26-20-16(24-2)7-13(8-17(20)25-3)19-18(10-22)27-14-5-4-12(9-21)6-15(14)28-19/h4-9,18-19,22H,10-11H2,1-3H3/t18-,19-/m0/s1. The zero-order chi connectivity index (χ0) is 20.1. The van der Waals surface area contributed by atoms with E-state index in [1.807, 2.05) is 0 Å². The molecule has 150 valence electrons. The number of hydrogen-bond acceptors (Lipinski definition) is 8. The van der Waals surface area contributed by atoms with Crippen molar-refractivity contribution in [2.45, 2.75) is 12.2 Å². The lowest BCUT2D eigenvalue weighted by Gasteiger charge is -2.33. The monoisotopic (exact) mass is 390 g/mol. The molecule has 8 heteroatoms. The summed E-state index contributed by atoms with van der Waals surface area (Å²) in [5.41, 5.74) is 1.11. The highest BCUT2D eigenvalue weighted by atomic mass is 16.7. The number of benzene rings is 2. The van der Waals surface area contributed by atoms with Crippen molar-refractivity contribution in [3.05, 3.63) is 41.5 Å². The Kier molecular flexibility index (Phi) is 6.23. The first kappa shape index (κ1) is 19.8. The van der Waals surface area contributed by atoms with E-state index < -0.39 is 12.2 Å². The second kappa shape index (κ2) is 8.81. The number of fused-ring (bicyclic) bond motifs is 1. The van der Waals surface area contributed by atoms with Crippen LogP contribution in [-0.2, 0) is 4.74 Å². The smallest absolute Gasteiger partial charge is 0.206 e. The van der Waals surface area contributed by atoms with Crippen LogP contribution in [0.25, 0.3) is 0 Å². The molecule has 0 radical (unpaired) electrons. The maximum absolute atomic E-state index is 11.1. The van der Waals surface area contributed by atoms with Crippen molar-refractivity contribution in [3.63, 3.8) is 0 Å². The third-order valence-electron chi connectivity index (χ3n) is 4.29. The van der Waals surface area contributed by atoms with Gasteiger partial charge in [-0.25, -0.2) is 0 Å². The summed E-state index contributed by atoms with van der Waals surface area (Å²) in [6.45, 7) is -0.248. The Balaban J connectivity index is 2.01. The van der Waals surface area contributed by atoms with Crippen LogP contribution in [0.2, 0.25) is 0 Å². The minimum Gasteiger partial charge on any atom is -0.493 e. The topological polar surface area (TPSA) is 92.7 Å². The van der Waals surface area contributed by atoms with E-state index in [9.17, 15) is 9.90 Å². The average Bonchev–Trinajstić information content (AvgIpc) is 2.75. The van der Waals surface area contributed by atoms with Crippen LogP contribution in [0.3, 0.4) is 0 Å². The summed E-state index contributed by atoms with van der Waals surface area (Å²) in [6, 6.07) is 8.30. The van der Waals surface area contributed by atoms with Gasteiger partial charge in [-0.1, -0.05) is 0 Å². The molecule has 0 amide bonds. The molecule has 2 aromatic carbocycles. The van der Waals surface area contributed by atoms with Gasteiger partial charge in [0.15, 0.2) is 42.0 Å². The van der Waals surface area contributed by atoms with Crippen molar-refractivity contribution < 1.29 is 38.3 Å². The first-order valence-electron chi connectivity index (χ1n) is 8.56. The van der Waals surface area contributed by atoms with Crippen molar-refractivity contribution in [1.82, 2.24) is 0 Å². The molecule has 0 saturated heterocycles. The summed E-state index contributed by atoms with van der Waals surface area (Å²) in [7, 11) is 4.52. The normalized spacial score (nSPS) is 17.7. The highest BCUT2D eigenvalue weighted by Crippen LogP contribution is 2.44. The summed E-state index contributed by atoms with van der Waals surface area (Å²) >= 11 is 0. The van der Waals surface area contributed by atoms with Crippen LogP contribution < -0.4 is 23.7 Å². The zero-order valence-corrected chi connectivity index (χ0v) is 15.8. The van der Waals surface area contributed by atoms with Crippen LogP contribution in [0.1, 0.15) is 22.0 Å². The van der Waals surface area contributed by atoms with Crippen molar-refractivity contribution in [3.8, 4) is 28.7 Å². The number of ether oxygens (including phenoxy) is 6. The molecule has 8 nitrogen and oxygen atoms in total. The lowest BCUT2D eigenvalue weighted by Crippen LogP contribution is -2.36. The fraction of sp³-hybridized carbons (Fsp3) is 0.350. The van der Waals surface area contributed by atoms with E-state index in [2.05, 4.69) is 0 Å². The molecular weight excluding hydrogens is 368 g/mol. The number of aliphatic hydroxyl groups is 1. The number of hydrogen-bond donors (Lipinski definition) is 1. The maximum Gasteiger partial charge on any atom is 0.206 e. The molecular formula is C20H22O8. The van der Waals surface area contributed by atoms with Crippen LogP contribution in [0, 0.1) is 0 Å². The van der Waals surface area contributed by atoms with Gasteiger partial charge >= 0.3 is 0 Å². The van der Waals surface area contributed by atoms with Crippen LogP contribution >= 0.6 is 0 Å². The van der Waals surface area contributed by atoms with Crippen molar-refractivity contribution >= 4 is 6.29 Å². The van der Waals surface area contributed by atoms with E-state index in [1.54, 1.807) is 30.3 Å².